The molecule has 1 amide bonds. The molecule has 0 saturated heterocycles. The number of amides is 1. The predicted octanol–water partition coefficient (Wildman–Crippen LogP) is 6.20. The fourth-order valence-corrected chi connectivity index (χ4v) is 6.02. The van der Waals surface area contributed by atoms with Gasteiger partial charge in [-0.1, -0.05) is 55.7 Å². The van der Waals surface area contributed by atoms with Crippen molar-refractivity contribution in [3.8, 4) is 11.1 Å². The minimum Gasteiger partial charge on any atom is -0.480 e. The fourth-order valence-electron chi connectivity index (χ4n) is 5.55. The zero-order chi connectivity index (χ0) is 28.2. The van der Waals surface area contributed by atoms with Crippen LogP contribution < -0.4 is 5.32 Å². The molecular weight excluding hydrogens is 508 g/mol. The summed E-state index contributed by atoms with van der Waals surface area (Å²) in [6, 6.07) is 14.1. The molecule has 214 valence electrons. The molecule has 0 radical (unpaired) electrons. The van der Waals surface area contributed by atoms with Crippen molar-refractivity contribution in [2.24, 2.45) is 0 Å². The van der Waals surface area contributed by atoms with Crippen LogP contribution in [-0.4, -0.2) is 72.3 Å². The highest BCUT2D eigenvalue weighted by Crippen LogP contribution is 2.30. The smallest absolute Gasteiger partial charge is 0.326 e. The normalized spacial score (nSPS) is 15.7. The summed E-state index contributed by atoms with van der Waals surface area (Å²) < 4.78 is 5.90. The van der Waals surface area contributed by atoms with E-state index in [1.165, 1.54) is 37.7 Å². The monoisotopic (exact) mass is 554 g/mol. The number of benzene rings is 2. The first kappa shape index (κ1) is 31.2. The number of hydrogen-bond donors (Lipinski definition) is 2. The first-order valence-corrected chi connectivity index (χ1v) is 15.8. The summed E-state index contributed by atoms with van der Waals surface area (Å²) >= 11 is 1.57. The van der Waals surface area contributed by atoms with E-state index in [0.717, 1.165) is 36.1 Å². The van der Waals surface area contributed by atoms with Gasteiger partial charge in [-0.05, 0) is 93.3 Å². The molecule has 2 aromatic carbocycles. The Balaban J connectivity index is 1.85. The third-order valence-corrected chi connectivity index (χ3v) is 8.63. The van der Waals surface area contributed by atoms with Gasteiger partial charge in [-0.2, -0.15) is 11.8 Å². The van der Waals surface area contributed by atoms with Crippen molar-refractivity contribution in [3.63, 3.8) is 0 Å². The SMILES string of the molecule is CCOCC(CCc1ccc(C(=O)N[C@@H](CCSC)C(=O)O)c(-c2ccccc2C)c1)N(C)C1CCCCC1. The predicted molar refractivity (Wildman–Crippen MR) is 162 cm³/mol. The first-order chi connectivity index (χ1) is 18.8. The Kier molecular flexibility index (Phi) is 12.8. The molecule has 0 bridgehead atoms. The minimum absolute atomic E-state index is 0.339. The van der Waals surface area contributed by atoms with Gasteiger partial charge in [0, 0.05) is 24.3 Å². The molecule has 2 aromatic rings. The molecule has 7 heteroatoms. The van der Waals surface area contributed by atoms with E-state index < -0.39 is 12.0 Å². The Hall–Kier alpha value is -2.35. The highest BCUT2D eigenvalue weighted by Gasteiger charge is 2.26. The second kappa shape index (κ2) is 16.0. The number of aryl methyl sites for hydroxylation is 2. The van der Waals surface area contributed by atoms with Gasteiger partial charge in [-0.3, -0.25) is 9.69 Å². The lowest BCUT2D eigenvalue weighted by Gasteiger charge is -2.37. The van der Waals surface area contributed by atoms with Crippen LogP contribution in [-0.2, 0) is 16.0 Å². The zero-order valence-corrected chi connectivity index (χ0v) is 24.9. The van der Waals surface area contributed by atoms with Crippen LogP contribution in [0.1, 0.15) is 73.4 Å². The standard InChI is InChI=1S/C32H46N2O4S/c1-5-38-22-26(34(3)25-12-7-6-8-13-25)17-15-24-16-18-28(29(21-24)27-14-10-9-11-23(27)2)31(35)33-30(32(36)37)19-20-39-4/h9-11,14,16,18,21,25-26,30H,5-8,12-13,15,17,19-20,22H2,1-4H3,(H,33,35)(H,36,37)/t26?,30-/m0/s1. The number of carboxylic acid groups (broad SMARTS) is 1. The molecule has 0 aromatic heterocycles. The number of carbonyl (C=O) groups excluding carboxylic acids is 1. The Bertz CT molecular complexity index is 1070. The van der Waals surface area contributed by atoms with E-state index in [4.69, 9.17) is 4.74 Å². The molecule has 0 spiro atoms. The van der Waals surface area contributed by atoms with E-state index in [9.17, 15) is 14.7 Å². The van der Waals surface area contributed by atoms with Crippen molar-refractivity contribution in [2.75, 3.05) is 32.3 Å². The van der Waals surface area contributed by atoms with Crippen LogP contribution in [0.4, 0.5) is 0 Å². The van der Waals surface area contributed by atoms with Gasteiger partial charge in [0.15, 0.2) is 0 Å². The highest BCUT2D eigenvalue weighted by molar-refractivity contribution is 7.98. The molecule has 6 nitrogen and oxygen atoms in total. The number of thioether (sulfide) groups is 1. The summed E-state index contributed by atoms with van der Waals surface area (Å²) in [5.41, 5.74) is 4.59. The van der Waals surface area contributed by atoms with E-state index in [1.807, 2.05) is 56.5 Å². The zero-order valence-electron chi connectivity index (χ0n) is 24.1. The van der Waals surface area contributed by atoms with Crippen LogP contribution in [0.3, 0.4) is 0 Å². The van der Waals surface area contributed by atoms with E-state index in [2.05, 4.69) is 23.3 Å². The third kappa shape index (κ3) is 9.09. The molecule has 1 fully saturated rings. The van der Waals surface area contributed by atoms with Gasteiger partial charge in [0.05, 0.1) is 6.61 Å². The molecule has 0 aliphatic heterocycles. The molecule has 0 heterocycles. The van der Waals surface area contributed by atoms with Gasteiger partial charge >= 0.3 is 5.97 Å². The molecule has 1 saturated carbocycles. The summed E-state index contributed by atoms with van der Waals surface area (Å²) in [4.78, 5) is 27.7. The number of likely N-dealkylation sites (N-methyl/N-ethyl adjacent to an activating group) is 1. The van der Waals surface area contributed by atoms with Crippen molar-refractivity contribution in [3.05, 3.63) is 59.2 Å². The van der Waals surface area contributed by atoms with E-state index in [0.29, 0.717) is 36.4 Å². The van der Waals surface area contributed by atoms with Gasteiger partial charge in [-0.15, -0.1) is 0 Å². The Morgan fingerprint density at radius 2 is 1.85 bits per heavy atom. The molecule has 1 aliphatic carbocycles. The molecule has 1 aliphatic rings. The number of rotatable bonds is 15. The number of aliphatic carboxylic acids is 1. The molecule has 2 atom stereocenters. The summed E-state index contributed by atoms with van der Waals surface area (Å²) in [6.07, 6.45) is 10.6. The number of nitrogens with zero attached hydrogens (tertiary/aromatic N) is 1. The maximum Gasteiger partial charge on any atom is 0.326 e. The topological polar surface area (TPSA) is 78.9 Å². The van der Waals surface area contributed by atoms with Crippen LogP contribution in [0.2, 0.25) is 0 Å². The van der Waals surface area contributed by atoms with Gasteiger partial charge in [0.1, 0.15) is 6.04 Å². The molecular formula is C32H46N2O4S. The van der Waals surface area contributed by atoms with Crippen LogP contribution in [0.15, 0.2) is 42.5 Å². The molecule has 3 rings (SSSR count). The summed E-state index contributed by atoms with van der Waals surface area (Å²) in [7, 11) is 2.25. The van der Waals surface area contributed by atoms with Gasteiger partial charge < -0.3 is 15.2 Å². The maximum atomic E-state index is 13.4. The van der Waals surface area contributed by atoms with E-state index >= 15 is 0 Å². The lowest BCUT2D eigenvalue weighted by Crippen LogP contribution is -2.44. The number of carbonyl (C=O) groups is 2. The van der Waals surface area contributed by atoms with Crippen LogP contribution in [0.5, 0.6) is 0 Å². The Morgan fingerprint density at radius 3 is 2.51 bits per heavy atom. The van der Waals surface area contributed by atoms with Crippen molar-refractivity contribution >= 4 is 23.6 Å². The number of hydrogen-bond acceptors (Lipinski definition) is 5. The van der Waals surface area contributed by atoms with E-state index in [-0.39, 0.29) is 5.91 Å². The van der Waals surface area contributed by atoms with Gasteiger partial charge in [0.2, 0.25) is 0 Å². The second-order valence-corrected chi connectivity index (χ2v) is 11.6. The lowest BCUT2D eigenvalue weighted by atomic mass is 9.91. The molecule has 1 unspecified atom stereocenters. The third-order valence-electron chi connectivity index (χ3n) is 7.99. The van der Waals surface area contributed by atoms with Gasteiger partial charge in [0.25, 0.3) is 5.91 Å². The Morgan fingerprint density at radius 1 is 1.10 bits per heavy atom. The maximum absolute atomic E-state index is 13.4. The summed E-state index contributed by atoms with van der Waals surface area (Å²) in [5.74, 6) is -0.688. The van der Waals surface area contributed by atoms with Gasteiger partial charge in [-0.25, -0.2) is 4.79 Å². The van der Waals surface area contributed by atoms with E-state index in [1.54, 1.807) is 11.8 Å². The van der Waals surface area contributed by atoms with Crippen molar-refractivity contribution in [1.29, 1.82) is 0 Å². The number of ether oxygens (including phenoxy) is 1. The Labute approximate surface area is 238 Å². The number of carboxylic acids is 1. The average Bonchev–Trinajstić information content (AvgIpc) is 2.95. The van der Waals surface area contributed by atoms with Crippen molar-refractivity contribution in [1.82, 2.24) is 10.2 Å². The van der Waals surface area contributed by atoms with Crippen LogP contribution >= 0.6 is 11.8 Å². The van der Waals surface area contributed by atoms with Crippen molar-refractivity contribution < 1.29 is 19.4 Å². The second-order valence-electron chi connectivity index (χ2n) is 10.6. The summed E-state index contributed by atoms with van der Waals surface area (Å²) in [6.45, 7) is 5.52. The molecule has 2 N–H and O–H groups in total. The van der Waals surface area contributed by atoms with Crippen molar-refractivity contribution in [2.45, 2.75) is 83.3 Å². The first-order valence-electron chi connectivity index (χ1n) is 14.4. The number of nitrogens with one attached hydrogen (secondary N) is 1. The minimum atomic E-state index is -1.01. The largest absolute Gasteiger partial charge is 0.480 e. The quantitative estimate of drug-likeness (QED) is 0.273. The summed E-state index contributed by atoms with van der Waals surface area (Å²) in [5, 5.41) is 12.4. The highest BCUT2D eigenvalue weighted by atomic mass is 32.2. The van der Waals surface area contributed by atoms with Crippen LogP contribution in [0.25, 0.3) is 11.1 Å². The van der Waals surface area contributed by atoms with Crippen LogP contribution in [0, 0.1) is 6.92 Å². The average molecular weight is 555 g/mol. The molecule has 39 heavy (non-hydrogen) atoms. The fraction of sp³-hybridized carbons (Fsp3) is 0.562. The lowest BCUT2D eigenvalue weighted by molar-refractivity contribution is -0.139.